The fourth-order valence-corrected chi connectivity index (χ4v) is 1.95. The lowest BCUT2D eigenvalue weighted by molar-refractivity contribution is 0.0593. The Hall–Kier alpha value is -1.69. The van der Waals surface area contributed by atoms with Gasteiger partial charge in [-0.3, -0.25) is 0 Å². The number of carbonyl (C=O) groups excluding carboxylic acids is 1. The lowest BCUT2D eigenvalue weighted by atomic mass is 10.2. The molecule has 0 aliphatic carbocycles. The monoisotopic (exact) mass is 313 g/mol. The summed E-state index contributed by atoms with van der Waals surface area (Å²) in [5, 5.41) is 0. The van der Waals surface area contributed by atoms with E-state index in [0.717, 1.165) is 0 Å². The van der Waals surface area contributed by atoms with Crippen molar-refractivity contribution < 1.29 is 18.3 Å². The summed E-state index contributed by atoms with van der Waals surface area (Å²) in [6.45, 7) is 1.59. The third-order valence-corrected chi connectivity index (χ3v) is 2.74. The number of aryl methyl sites for hydroxylation is 1. The van der Waals surface area contributed by atoms with E-state index in [2.05, 4.69) is 25.7 Å². The summed E-state index contributed by atoms with van der Waals surface area (Å²) in [5.74, 6) is -0.502. The van der Waals surface area contributed by atoms with Gasteiger partial charge in [-0.25, -0.2) is 14.2 Å². The van der Waals surface area contributed by atoms with Crippen molar-refractivity contribution in [3.63, 3.8) is 0 Å². The van der Waals surface area contributed by atoms with E-state index in [0.29, 0.717) is 15.8 Å². The Morgan fingerprint density at radius 1 is 1.44 bits per heavy atom. The number of ether oxygens (including phenoxy) is 1. The van der Waals surface area contributed by atoms with Gasteiger partial charge < -0.3 is 9.15 Å². The number of esters is 1. The molecule has 1 aromatic heterocycles. The van der Waals surface area contributed by atoms with Crippen molar-refractivity contribution in [2.45, 2.75) is 6.92 Å². The number of aromatic nitrogens is 1. The third-order valence-electron chi connectivity index (χ3n) is 2.28. The van der Waals surface area contributed by atoms with Crippen LogP contribution in [0.3, 0.4) is 0 Å². The van der Waals surface area contributed by atoms with Crippen molar-refractivity contribution in [3.8, 4) is 11.5 Å². The minimum Gasteiger partial charge on any atom is -0.464 e. The summed E-state index contributed by atoms with van der Waals surface area (Å²) in [6.07, 6.45) is 0. The Morgan fingerprint density at radius 3 is 2.78 bits per heavy atom. The van der Waals surface area contributed by atoms with E-state index < -0.39 is 11.8 Å². The first kappa shape index (κ1) is 12.8. The van der Waals surface area contributed by atoms with Crippen molar-refractivity contribution in [1.29, 1.82) is 0 Å². The van der Waals surface area contributed by atoms with Crippen molar-refractivity contribution in [2.24, 2.45) is 0 Å². The lowest BCUT2D eigenvalue weighted by Gasteiger charge is -1.97. The summed E-state index contributed by atoms with van der Waals surface area (Å²) >= 11 is 3.18. The molecule has 1 heterocycles. The molecular weight excluding hydrogens is 305 g/mol. The van der Waals surface area contributed by atoms with Crippen LogP contribution in [0.2, 0.25) is 0 Å². The van der Waals surface area contributed by atoms with Gasteiger partial charge in [0, 0.05) is 10.0 Å². The summed E-state index contributed by atoms with van der Waals surface area (Å²) in [4.78, 5) is 15.4. The van der Waals surface area contributed by atoms with E-state index in [9.17, 15) is 9.18 Å². The average molecular weight is 314 g/mol. The van der Waals surface area contributed by atoms with E-state index >= 15 is 0 Å². The number of hydrogen-bond donors (Lipinski definition) is 0. The molecule has 0 N–H and O–H groups in total. The Morgan fingerprint density at radius 2 is 2.17 bits per heavy atom. The van der Waals surface area contributed by atoms with E-state index in [1.165, 1.54) is 19.2 Å². The minimum atomic E-state index is -0.585. The molecule has 2 aromatic rings. The quantitative estimate of drug-likeness (QED) is 0.798. The highest BCUT2D eigenvalue weighted by molar-refractivity contribution is 9.10. The van der Waals surface area contributed by atoms with Crippen LogP contribution in [0.5, 0.6) is 0 Å². The molecule has 94 valence electrons. The smallest absolute Gasteiger partial charge is 0.360 e. The molecule has 18 heavy (non-hydrogen) atoms. The van der Waals surface area contributed by atoms with Gasteiger partial charge in [0.15, 0.2) is 5.69 Å². The topological polar surface area (TPSA) is 52.3 Å². The van der Waals surface area contributed by atoms with Gasteiger partial charge in [0.2, 0.25) is 5.89 Å². The van der Waals surface area contributed by atoms with Crippen LogP contribution in [0.1, 0.15) is 16.2 Å². The maximum Gasteiger partial charge on any atom is 0.360 e. The van der Waals surface area contributed by atoms with Gasteiger partial charge in [-0.1, -0.05) is 15.9 Å². The lowest BCUT2D eigenvalue weighted by Crippen LogP contribution is -2.03. The second-order valence-electron chi connectivity index (χ2n) is 3.57. The number of oxazole rings is 1. The van der Waals surface area contributed by atoms with Crippen LogP contribution in [-0.2, 0) is 4.74 Å². The van der Waals surface area contributed by atoms with Crippen molar-refractivity contribution in [3.05, 3.63) is 39.9 Å². The van der Waals surface area contributed by atoms with Gasteiger partial charge >= 0.3 is 5.97 Å². The molecule has 0 aliphatic rings. The fraction of sp³-hybridized carbons (Fsp3) is 0.167. The molecule has 0 amide bonds. The molecule has 0 unspecified atom stereocenters. The maximum absolute atomic E-state index is 13.3. The third kappa shape index (κ3) is 2.43. The first-order valence-electron chi connectivity index (χ1n) is 5.03. The number of benzene rings is 1. The highest BCUT2D eigenvalue weighted by Gasteiger charge is 2.18. The Kier molecular flexibility index (Phi) is 3.47. The number of hydrogen-bond acceptors (Lipinski definition) is 4. The summed E-state index contributed by atoms with van der Waals surface area (Å²) in [7, 11) is 1.26. The van der Waals surface area contributed by atoms with E-state index in [-0.39, 0.29) is 11.6 Å². The van der Waals surface area contributed by atoms with Gasteiger partial charge in [-0.05, 0) is 25.1 Å². The normalized spacial score (nSPS) is 10.4. The van der Waals surface area contributed by atoms with Gasteiger partial charge in [-0.15, -0.1) is 0 Å². The molecule has 0 atom stereocenters. The van der Waals surface area contributed by atoms with Crippen molar-refractivity contribution >= 4 is 21.9 Å². The summed E-state index contributed by atoms with van der Waals surface area (Å²) < 4.78 is 23.7. The summed E-state index contributed by atoms with van der Waals surface area (Å²) in [5.41, 5.74) is 0.535. The molecule has 0 radical (unpaired) electrons. The van der Waals surface area contributed by atoms with Crippen LogP contribution in [0.15, 0.2) is 27.1 Å². The molecule has 2 rings (SSSR count). The maximum atomic E-state index is 13.3. The number of carbonyl (C=O) groups is 1. The number of methoxy groups -OCH3 is 1. The standard InChI is InChI=1S/C12H9BrFNO3/c1-6-10(12(16)17-2)15-11(18-6)7-3-8(13)5-9(14)4-7/h3-5H,1-2H3. The van der Waals surface area contributed by atoms with Crippen molar-refractivity contribution in [2.75, 3.05) is 7.11 Å². The molecule has 0 aliphatic heterocycles. The average Bonchev–Trinajstić information content (AvgIpc) is 2.69. The molecule has 0 fully saturated rings. The molecule has 1 aromatic carbocycles. The van der Waals surface area contributed by atoms with Gasteiger partial charge in [0.1, 0.15) is 11.6 Å². The molecule has 6 heteroatoms. The van der Waals surface area contributed by atoms with Crippen LogP contribution in [-0.4, -0.2) is 18.1 Å². The molecular formula is C12H9BrFNO3. The first-order chi connectivity index (χ1) is 8.51. The van der Waals surface area contributed by atoms with Gasteiger partial charge in [-0.2, -0.15) is 0 Å². The zero-order chi connectivity index (χ0) is 13.3. The van der Waals surface area contributed by atoms with Crippen LogP contribution >= 0.6 is 15.9 Å². The van der Waals surface area contributed by atoms with E-state index in [1.807, 2.05) is 0 Å². The predicted octanol–water partition coefficient (Wildman–Crippen LogP) is 3.34. The second kappa shape index (κ2) is 4.89. The first-order valence-corrected chi connectivity index (χ1v) is 5.82. The minimum absolute atomic E-state index is 0.0906. The van der Waals surface area contributed by atoms with Crippen molar-refractivity contribution in [1.82, 2.24) is 4.98 Å². The molecule has 0 spiro atoms. The second-order valence-corrected chi connectivity index (χ2v) is 4.49. The van der Waals surface area contributed by atoms with Gasteiger partial charge in [0.05, 0.1) is 7.11 Å². The number of halogens is 2. The SMILES string of the molecule is COC(=O)c1nc(-c2cc(F)cc(Br)c2)oc1C. The largest absolute Gasteiger partial charge is 0.464 e. The van der Waals surface area contributed by atoms with Crippen LogP contribution in [0.4, 0.5) is 4.39 Å². The van der Waals surface area contributed by atoms with E-state index in [4.69, 9.17) is 4.42 Å². The zero-order valence-corrected chi connectivity index (χ0v) is 11.2. The zero-order valence-electron chi connectivity index (χ0n) is 9.66. The highest BCUT2D eigenvalue weighted by Crippen LogP contribution is 2.26. The van der Waals surface area contributed by atoms with Gasteiger partial charge in [0.25, 0.3) is 0 Å². The Bertz CT molecular complexity index is 589. The molecule has 0 bridgehead atoms. The molecule has 0 saturated carbocycles. The molecule has 4 nitrogen and oxygen atoms in total. The van der Waals surface area contributed by atoms with Crippen LogP contribution < -0.4 is 0 Å². The number of rotatable bonds is 2. The Balaban J connectivity index is 2.48. The molecule has 0 saturated heterocycles. The Labute approximate surface area is 111 Å². The van der Waals surface area contributed by atoms with E-state index in [1.54, 1.807) is 13.0 Å². The van der Waals surface area contributed by atoms with Crippen LogP contribution in [0.25, 0.3) is 11.5 Å². The predicted molar refractivity (Wildman–Crippen MR) is 65.7 cm³/mol. The van der Waals surface area contributed by atoms with Crippen LogP contribution in [0, 0.1) is 12.7 Å². The fourth-order valence-electron chi connectivity index (χ4n) is 1.48. The summed E-state index contributed by atoms with van der Waals surface area (Å²) in [6, 6.07) is 4.24. The number of nitrogens with zero attached hydrogens (tertiary/aromatic N) is 1. The highest BCUT2D eigenvalue weighted by atomic mass is 79.9.